The second-order valence-corrected chi connectivity index (χ2v) is 5.03. The topological polar surface area (TPSA) is 82.5 Å². The minimum atomic E-state index is -0.516. The van der Waals surface area contributed by atoms with E-state index < -0.39 is 11.7 Å². The van der Waals surface area contributed by atoms with Crippen LogP contribution in [0.15, 0.2) is 48.7 Å². The first-order chi connectivity index (χ1) is 11.0. The summed E-state index contributed by atoms with van der Waals surface area (Å²) in [6.45, 7) is 0.123. The molecule has 0 atom stereocenters. The highest BCUT2D eigenvalue weighted by Gasteiger charge is 2.13. The molecule has 5 nitrogen and oxygen atoms in total. The molecule has 6 heteroatoms. The number of hydrogen-bond donors (Lipinski definition) is 3. The standard InChI is InChI=1S/C17H13FN2O3/c18-12-7-11-2-1-5-19-16(11)13(8-12)17(23)20-9-10-3-4-14(21)15(22)6-10/h1-8,21-22H,9H2,(H,20,23). The number of rotatable bonds is 3. The maximum absolute atomic E-state index is 13.6. The summed E-state index contributed by atoms with van der Waals surface area (Å²) in [7, 11) is 0. The fourth-order valence-electron chi connectivity index (χ4n) is 2.29. The summed E-state index contributed by atoms with van der Waals surface area (Å²) in [6, 6.07) is 10.0. The van der Waals surface area contributed by atoms with Crippen LogP contribution in [0.3, 0.4) is 0 Å². The van der Waals surface area contributed by atoms with E-state index in [1.54, 1.807) is 18.2 Å². The van der Waals surface area contributed by atoms with Crippen LogP contribution in [0.5, 0.6) is 11.5 Å². The van der Waals surface area contributed by atoms with Crippen LogP contribution < -0.4 is 5.32 Å². The summed E-state index contributed by atoms with van der Waals surface area (Å²) in [6.07, 6.45) is 1.54. The third-order valence-electron chi connectivity index (χ3n) is 3.41. The number of nitrogens with one attached hydrogen (secondary N) is 1. The van der Waals surface area contributed by atoms with E-state index in [-0.39, 0.29) is 23.6 Å². The molecule has 0 saturated carbocycles. The Hall–Kier alpha value is -3.15. The van der Waals surface area contributed by atoms with Crippen LogP contribution in [-0.2, 0) is 6.54 Å². The van der Waals surface area contributed by atoms with Crippen molar-refractivity contribution in [2.75, 3.05) is 0 Å². The van der Waals surface area contributed by atoms with Gasteiger partial charge in [-0.15, -0.1) is 0 Å². The molecule has 3 rings (SSSR count). The normalized spacial score (nSPS) is 10.7. The molecule has 0 unspecified atom stereocenters. The number of fused-ring (bicyclic) bond motifs is 1. The SMILES string of the molecule is O=C(NCc1ccc(O)c(O)c1)c1cc(F)cc2cccnc12. The van der Waals surface area contributed by atoms with E-state index in [4.69, 9.17) is 0 Å². The molecule has 0 fully saturated rings. The highest BCUT2D eigenvalue weighted by Crippen LogP contribution is 2.25. The van der Waals surface area contributed by atoms with Crippen molar-refractivity contribution in [2.45, 2.75) is 6.54 Å². The number of pyridine rings is 1. The predicted molar refractivity (Wildman–Crippen MR) is 82.6 cm³/mol. The molecule has 3 aromatic rings. The minimum absolute atomic E-state index is 0.123. The largest absolute Gasteiger partial charge is 0.504 e. The Morgan fingerprint density at radius 3 is 2.74 bits per heavy atom. The average Bonchev–Trinajstić information content (AvgIpc) is 2.54. The second-order valence-electron chi connectivity index (χ2n) is 5.03. The van der Waals surface area contributed by atoms with Crippen LogP contribution in [0.1, 0.15) is 15.9 Å². The van der Waals surface area contributed by atoms with Gasteiger partial charge in [0, 0.05) is 18.1 Å². The van der Waals surface area contributed by atoms with Crippen molar-refractivity contribution in [1.29, 1.82) is 0 Å². The Bertz CT molecular complexity index is 896. The average molecular weight is 312 g/mol. The summed E-state index contributed by atoms with van der Waals surface area (Å²) in [5.74, 6) is -1.49. The molecule has 0 bridgehead atoms. The summed E-state index contributed by atoms with van der Waals surface area (Å²) >= 11 is 0. The zero-order valence-corrected chi connectivity index (χ0v) is 12.0. The number of benzene rings is 2. The van der Waals surface area contributed by atoms with Crippen LogP contribution in [0.4, 0.5) is 4.39 Å². The van der Waals surface area contributed by atoms with Gasteiger partial charge in [-0.05, 0) is 35.9 Å². The van der Waals surface area contributed by atoms with Crippen LogP contribution in [0.2, 0.25) is 0 Å². The van der Waals surface area contributed by atoms with Gasteiger partial charge in [0.25, 0.3) is 5.91 Å². The van der Waals surface area contributed by atoms with Gasteiger partial charge in [0.15, 0.2) is 11.5 Å². The molecule has 0 aliphatic rings. The molecule has 0 aliphatic heterocycles. The summed E-state index contributed by atoms with van der Waals surface area (Å²) in [4.78, 5) is 16.4. The molecule has 3 N–H and O–H groups in total. The molecule has 1 aromatic heterocycles. The number of halogens is 1. The van der Waals surface area contributed by atoms with Crippen LogP contribution in [0.25, 0.3) is 10.9 Å². The van der Waals surface area contributed by atoms with E-state index in [1.165, 1.54) is 24.4 Å². The van der Waals surface area contributed by atoms with Gasteiger partial charge < -0.3 is 15.5 Å². The summed E-state index contributed by atoms with van der Waals surface area (Å²) in [5.41, 5.74) is 1.16. The third kappa shape index (κ3) is 3.06. The zero-order valence-electron chi connectivity index (χ0n) is 12.0. The first kappa shape index (κ1) is 14.8. The number of nitrogens with zero attached hydrogens (tertiary/aromatic N) is 1. The van der Waals surface area contributed by atoms with Gasteiger partial charge in [0.05, 0.1) is 11.1 Å². The van der Waals surface area contributed by atoms with Crippen molar-refractivity contribution in [3.8, 4) is 11.5 Å². The Morgan fingerprint density at radius 2 is 1.96 bits per heavy atom. The molecule has 0 saturated heterocycles. The molecular weight excluding hydrogens is 299 g/mol. The molecule has 1 heterocycles. The van der Waals surface area contributed by atoms with Gasteiger partial charge in [-0.25, -0.2) is 4.39 Å². The second kappa shape index (κ2) is 5.92. The fraction of sp³-hybridized carbons (Fsp3) is 0.0588. The Morgan fingerprint density at radius 1 is 1.13 bits per heavy atom. The van der Waals surface area contributed by atoms with Gasteiger partial charge in [-0.1, -0.05) is 12.1 Å². The lowest BCUT2D eigenvalue weighted by atomic mass is 10.1. The monoisotopic (exact) mass is 312 g/mol. The number of carbonyl (C=O) groups is 1. The Labute approximate surface area is 131 Å². The minimum Gasteiger partial charge on any atom is -0.504 e. The molecular formula is C17H13FN2O3. The Balaban J connectivity index is 1.84. The van der Waals surface area contributed by atoms with Gasteiger partial charge in [0.2, 0.25) is 0 Å². The van der Waals surface area contributed by atoms with Crippen molar-refractivity contribution in [3.63, 3.8) is 0 Å². The number of amides is 1. The van der Waals surface area contributed by atoms with Crippen molar-refractivity contribution in [2.24, 2.45) is 0 Å². The van der Waals surface area contributed by atoms with Crippen molar-refractivity contribution < 1.29 is 19.4 Å². The maximum Gasteiger partial charge on any atom is 0.253 e. The molecule has 23 heavy (non-hydrogen) atoms. The van der Waals surface area contributed by atoms with Crippen LogP contribution in [-0.4, -0.2) is 21.1 Å². The van der Waals surface area contributed by atoms with Gasteiger partial charge >= 0.3 is 0 Å². The first-order valence-electron chi connectivity index (χ1n) is 6.88. The van der Waals surface area contributed by atoms with E-state index in [0.717, 1.165) is 6.07 Å². The van der Waals surface area contributed by atoms with E-state index >= 15 is 0 Å². The van der Waals surface area contributed by atoms with Gasteiger partial charge in [-0.3, -0.25) is 9.78 Å². The van der Waals surface area contributed by atoms with E-state index in [0.29, 0.717) is 16.5 Å². The van der Waals surface area contributed by atoms with Gasteiger partial charge in [-0.2, -0.15) is 0 Å². The van der Waals surface area contributed by atoms with Crippen LogP contribution in [0, 0.1) is 5.82 Å². The third-order valence-corrected chi connectivity index (χ3v) is 3.41. The number of phenols is 2. The number of carbonyl (C=O) groups excluding carboxylic acids is 1. The maximum atomic E-state index is 13.6. The van der Waals surface area contributed by atoms with Crippen molar-refractivity contribution in [1.82, 2.24) is 10.3 Å². The molecule has 0 spiro atoms. The summed E-state index contributed by atoms with van der Waals surface area (Å²) in [5, 5.41) is 21.9. The lowest BCUT2D eigenvalue weighted by molar-refractivity contribution is 0.0952. The smallest absolute Gasteiger partial charge is 0.253 e. The van der Waals surface area contributed by atoms with Gasteiger partial charge in [0.1, 0.15) is 5.82 Å². The summed E-state index contributed by atoms with van der Waals surface area (Å²) < 4.78 is 13.6. The molecule has 1 amide bonds. The fourth-order valence-corrected chi connectivity index (χ4v) is 2.29. The van der Waals surface area contributed by atoms with Crippen molar-refractivity contribution >= 4 is 16.8 Å². The van der Waals surface area contributed by atoms with Crippen molar-refractivity contribution in [3.05, 3.63) is 65.6 Å². The lowest BCUT2D eigenvalue weighted by Gasteiger charge is -2.09. The molecule has 0 aliphatic carbocycles. The van der Waals surface area contributed by atoms with E-state index in [2.05, 4.69) is 10.3 Å². The van der Waals surface area contributed by atoms with Crippen LogP contribution >= 0.6 is 0 Å². The predicted octanol–water partition coefficient (Wildman–Crippen LogP) is 2.72. The number of phenolic OH excluding ortho intramolecular Hbond substituents is 2. The lowest BCUT2D eigenvalue weighted by Crippen LogP contribution is -2.23. The number of hydrogen-bond acceptors (Lipinski definition) is 4. The number of aromatic nitrogens is 1. The van der Waals surface area contributed by atoms with E-state index in [9.17, 15) is 19.4 Å². The zero-order chi connectivity index (χ0) is 16.4. The van der Waals surface area contributed by atoms with E-state index in [1.807, 2.05) is 0 Å². The molecule has 2 aromatic carbocycles. The highest BCUT2D eigenvalue weighted by molar-refractivity contribution is 6.05. The first-order valence-corrected chi connectivity index (χ1v) is 6.88. The molecule has 116 valence electrons. The quantitative estimate of drug-likeness (QED) is 0.649. The number of aromatic hydroxyl groups is 2. The Kier molecular flexibility index (Phi) is 3.80. The highest BCUT2D eigenvalue weighted by atomic mass is 19.1. The molecule has 0 radical (unpaired) electrons.